The fraction of sp³-hybridized carbons (Fsp3) is 0.0492. The second-order valence-electron chi connectivity index (χ2n) is 35.8. The van der Waals surface area contributed by atoms with Gasteiger partial charge in [-0.1, -0.05) is 367 Å². The standard InChI is InChI=1S/2C61H38S2/c1-61(2)52-31-28-37(56-59-50(42-19-11-12-25-54(42)62-59)34-51-48-30-26-36-15-4-6-18-40(36)58(48)63-60(51)56)32-49(52)41-29-27-38(33-53(41)61)55-44-20-7-9-22-46(44)57(47-23-10-8-21-45(47)55)43-24-13-16-35-14-3-5-17-39(35)43;1-61(2)52-31-28-37(49-34-51-47-30-26-36-15-4-6-18-40(36)58(47)63-59(51)60-57(49)48-23-11-12-25-54(48)62-60)32-50(52)41-29-27-38(33-53(41)61)55-43-19-7-9-21-45(43)56(46-22-10-8-20-44(46)55)42-24-13-16-35-14-3-5-17-39(35)42/h2*3-34H,1-2H3. The Morgan fingerprint density at radius 2 is 0.500 bits per heavy atom. The lowest BCUT2D eigenvalue weighted by Gasteiger charge is -2.23. The molecule has 0 unspecified atom stereocenters. The van der Waals surface area contributed by atoms with Crippen LogP contribution in [0.2, 0.25) is 0 Å². The summed E-state index contributed by atoms with van der Waals surface area (Å²) in [5.74, 6) is 0. The van der Waals surface area contributed by atoms with Crippen LogP contribution in [0, 0.1) is 0 Å². The van der Waals surface area contributed by atoms with Crippen molar-refractivity contribution in [2.45, 2.75) is 38.5 Å². The van der Waals surface area contributed by atoms with Crippen LogP contribution in [0.1, 0.15) is 49.9 Å². The third kappa shape index (κ3) is 10.4. The van der Waals surface area contributed by atoms with Crippen molar-refractivity contribution < 1.29 is 0 Å². The minimum absolute atomic E-state index is 0.174. The van der Waals surface area contributed by atoms with Crippen LogP contribution < -0.4 is 0 Å². The molecule has 0 atom stereocenters. The molecule has 0 radical (unpaired) electrons. The molecule has 2 aliphatic rings. The van der Waals surface area contributed by atoms with E-state index in [0.717, 1.165) is 0 Å². The molecule has 0 amide bonds. The summed E-state index contributed by atoms with van der Waals surface area (Å²) in [4.78, 5) is 0. The monoisotopic (exact) mass is 1670 g/mol. The highest BCUT2D eigenvalue weighted by atomic mass is 32.1. The topological polar surface area (TPSA) is 0 Å². The maximum absolute atomic E-state index is 2.52. The van der Waals surface area contributed by atoms with Crippen molar-refractivity contribution in [3.63, 3.8) is 0 Å². The van der Waals surface area contributed by atoms with Gasteiger partial charge in [-0.3, -0.25) is 0 Å². The first-order valence-corrected chi connectivity index (χ1v) is 47.1. The molecule has 126 heavy (non-hydrogen) atoms. The van der Waals surface area contributed by atoms with Gasteiger partial charge in [0.05, 0.1) is 9.40 Å². The average molecular weight is 1670 g/mol. The van der Waals surface area contributed by atoms with Gasteiger partial charge < -0.3 is 0 Å². The highest BCUT2D eigenvalue weighted by Gasteiger charge is 2.39. The van der Waals surface area contributed by atoms with E-state index in [1.54, 1.807) is 0 Å². The molecule has 22 aromatic carbocycles. The first-order chi connectivity index (χ1) is 62.0. The van der Waals surface area contributed by atoms with E-state index in [1.807, 2.05) is 45.3 Å². The Morgan fingerprint density at radius 3 is 0.992 bits per heavy atom. The summed E-state index contributed by atoms with van der Waals surface area (Å²) >= 11 is 7.81. The zero-order valence-electron chi connectivity index (χ0n) is 69.6. The molecule has 0 saturated heterocycles. The summed E-state index contributed by atoms with van der Waals surface area (Å²) in [7, 11) is 0. The Morgan fingerprint density at radius 1 is 0.159 bits per heavy atom. The lowest BCUT2D eigenvalue weighted by molar-refractivity contribution is 0.660. The van der Waals surface area contributed by atoms with Gasteiger partial charge in [-0.25, -0.2) is 0 Å². The van der Waals surface area contributed by atoms with Crippen molar-refractivity contribution in [1.82, 2.24) is 0 Å². The van der Waals surface area contributed by atoms with Crippen LogP contribution in [-0.2, 0) is 10.8 Å². The summed E-state index contributed by atoms with van der Waals surface area (Å²) in [6, 6.07) is 147. The molecule has 4 heteroatoms. The molecule has 0 saturated carbocycles. The number of thiophene rings is 4. The molecule has 28 rings (SSSR count). The Balaban J connectivity index is 0.000000131. The molecule has 588 valence electrons. The summed E-state index contributed by atoms with van der Waals surface area (Å²) in [6.07, 6.45) is 0. The summed E-state index contributed by atoms with van der Waals surface area (Å²) in [5.41, 5.74) is 26.1. The maximum Gasteiger partial charge on any atom is 0.0540 e. The number of hydrogen-bond donors (Lipinski definition) is 0. The van der Waals surface area contributed by atoms with Crippen LogP contribution in [0.3, 0.4) is 0 Å². The first kappa shape index (κ1) is 72.3. The molecule has 26 aromatic rings. The summed E-state index contributed by atoms with van der Waals surface area (Å²) in [5, 5.41) is 31.4. The van der Waals surface area contributed by atoms with Gasteiger partial charge in [-0.15, -0.1) is 45.3 Å². The molecule has 4 heterocycles. The van der Waals surface area contributed by atoms with Gasteiger partial charge in [-0.05, 0) is 240 Å². The van der Waals surface area contributed by atoms with Crippen molar-refractivity contribution in [1.29, 1.82) is 0 Å². The van der Waals surface area contributed by atoms with Crippen LogP contribution in [-0.4, -0.2) is 0 Å². The number of rotatable bonds is 6. The molecule has 0 fully saturated rings. The van der Waals surface area contributed by atoms with Gasteiger partial charge >= 0.3 is 0 Å². The van der Waals surface area contributed by atoms with Crippen molar-refractivity contribution >= 4 is 212 Å². The quantitative estimate of drug-likeness (QED) is 0.146. The number of benzene rings is 22. The fourth-order valence-electron chi connectivity index (χ4n) is 22.6. The number of hydrogen-bond acceptors (Lipinski definition) is 4. The van der Waals surface area contributed by atoms with Crippen LogP contribution in [0.5, 0.6) is 0 Å². The molecule has 0 bridgehead atoms. The van der Waals surface area contributed by atoms with Crippen molar-refractivity contribution in [3.05, 3.63) is 411 Å². The predicted octanol–water partition coefficient (Wildman–Crippen LogP) is 36.7. The molecule has 4 aromatic heterocycles. The normalized spacial score (nSPS) is 13.4. The summed E-state index contributed by atoms with van der Waals surface area (Å²) in [6.45, 7) is 9.67. The smallest absolute Gasteiger partial charge is 0.0540 e. The highest BCUT2D eigenvalue weighted by molar-refractivity contribution is 7.34. The first-order valence-electron chi connectivity index (χ1n) is 43.8. The Labute approximate surface area is 744 Å². The molecule has 2 aliphatic carbocycles. The van der Waals surface area contributed by atoms with Gasteiger partial charge in [-0.2, -0.15) is 0 Å². The highest BCUT2D eigenvalue weighted by Crippen LogP contribution is 2.59. The SMILES string of the molecule is CC1(C)c2ccc(-c3c4sc5ccccc5c4cc4c3sc3c5ccccc5ccc43)cc2-c2ccc(-c3c4ccccc4c(-c4cccc5ccccc45)c4ccccc34)cc21.CC1(C)c2ccc(-c3cc4c5ccc6ccccc6c5sc4c4sc5ccccc5c34)cc2-c2ccc(-c3c4ccccc4c(-c4cccc5ccccc45)c4ccccc34)cc21. The molecule has 0 aliphatic heterocycles. The van der Waals surface area contributed by atoms with E-state index < -0.39 is 0 Å². The van der Waals surface area contributed by atoms with E-state index in [2.05, 4.69) is 416 Å². The van der Waals surface area contributed by atoms with Crippen LogP contribution in [0.15, 0.2) is 388 Å². The van der Waals surface area contributed by atoms with E-state index in [-0.39, 0.29) is 10.8 Å². The number of fused-ring (bicyclic) bond motifs is 29. The second kappa shape index (κ2) is 27.2. The van der Waals surface area contributed by atoms with E-state index in [4.69, 9.17) is 0 Å². The Bertz CT molecular complexity index is 9190. The van der Waals surface area contributed by atoms with Crippen molar-refractivity contribution in [3.8, 4) is 89.0 Å². The van der Waals surface area contributed by atoms with Crippen LogP contribution in [0.25, 0.3) is 256 Å². The van der Waals surface area contributed by atoms with E-state index in [9.17, 15) is 0 Å². The zero-order valence-corrected chi connectivity index (χ0v) is 72.8. The largest absolute Gasteiger partial charge is 0.134 e. The van der Waals surface area contributed by atoms with E-state index >= 15 is 0 Å². The molecule has 0 nitrogen and oxygen atoms in total. The maximum atomic E-state index is 2.52. The second-order valence-corrected chi connectivity index (χ2v) is 39.9. The Kier molecular flexibility index (Phi) is 15.6. The molecular formula is C122H76S4. The van der Waals surface area contributed by atoms with E-state index in [0.29, 0.717) is 0 Å². The molecular weight excluding hydrogens is 1590 g/mol. The third-order valence-corrected chi connectivity index (χ3v) is 33.5. The zero-order chi connectivity index (χ0) is 83.1. The average Bonchev–Trinajstić information content (AvgIpc) is 1.29. The summed E-state index contributed by atoms with van der Waals surface area (Å²) < 4.78 is 11.0. The van der Waals surface area contributed by atoms with Gasteiger partial charge in [0.25, 0.3) is 0 Å². The van der Waals surface area contributed by atoms with Gasteiger partial charge in [0.2, 0.25) is 0 Å². The van der Waals surface area contributed by atoms with Crippen LogP contribution >= 0.6 is 45.3 Å². The lowest BCUT2D eigenvalue weighted by atomic mass is 9.80. The third-order valence-electron chi connectivity index (χ3n) is 28.5. The fourth-order valence-corrected chi connectivity index (χ4v) is 28.0. The van der Waals surface area contributed by atoms with E-state index in [1.165, 1.54) is 278 Å². The van der Waals surface area contributed by atoms with Crippen molar-refractivity contribution in [2.75, 3.05) is 0 Å². The van der Waals surface area contributed by atoms with Gasteiger partial charge in [0.15, 0.2) is 0 Å². The van der Waals surface area contributed by atoms with Gasteiger partial charge in [0, 0.05) is 87.7 Å². The lowest BCUT2D eigenvalue weighted by Crippen LogP contribution is -2.15. The predicted molar refractivity (Wildman–Crippen MR) is 552 cm³/mol. The minimum Gasteiger partial charge on any atom is -0.134 e. The van der Waals surface area contributed by atoms with Gasteiger partial charge in [0.1, 0.15) is 0 Å². The molecule has 0 N–H and O–H groups in total. The molecule has 0 spiro atoms. The van der Waals surface area contributed by atoms with Crippen LogP contribution in [0.4, 0.5) is 0 Å². The minimum atomic E-state index is -0.177. The van der Waals surface area contributed by atoms with Crippen molar-refractivity contribution in [2.24, 2.45) is 0 Å². The Hall–Kier alpha value is -14.2.